The highest BCUT2D eigenvalue weighted by Gasteiger charge is 2.20. The summed E-state index contributed by atoms with van der Waals surface area (Å²) in [5, 5.41) is 0. The summed E-state index contributed by atoms with van der Waals surface area (Å²) in [5.41, 5.74) is 2.78. The van der Waals surface area contributed by atoms with Crippen LogP contribution in [0.4, 0.5) is 5.69 Å². The lowest BCUT2D eigenvalue weighted by Crippen LogP contribution is -2.37. The highest BCUT2D eigenvalue weighted by Crippen LogP contribution is 2.28. The molecular formula is C19H21N3O3. The fraction of sp³-hybridized carbons (Fsp3) is 0.316. The van der Waals surface area contributed by atoms with Crippen LogP contribution in [0, 0.1) is 6.92 Å². The number of nitrogens with zero attached hydrogens (tertiary/aromatic N) is 3. The van der Waals surface area contributed by atoms with Crippen LogP contribution in [0.2, 0.25) is 0 Å². The van der Waals surface area contributed by atoms with Gasteiger partial charge in [-0.1, -0.05) is 17.7 Å². The number of benzene rings is 1. The molecule has 6 heteroatoms. The molecule has 1 aliphatic heterocycles. The van der Waals surface area contributed by atoms with E-state index in [1.165, 1.54) is 41.1 Å². The van der Waals surface area contributed by atoms with Gasteiger partial charge in [-0.2, -0.15) is 0 Å². The molecule has 0 saturated carbocycles. The van der Waals surface area contributed by atoms with E-state index in [0.29, 0.717) is 12.1 Å². The highest BCUT2D eigenvalue weighted by atomic mass is 16.2. The Kier molecular flexibility index (Phi) is 4.44. The van der Waals surface area contributed by atoms with Crippen molar-refractivity contribution < 1.29 is 4.79 Å². The first-order valence-electron chi connectivity index (χ1n) is 8.24. The lowest BCUT2D eigenvalue weighted by Gasteiger charge is -2.29. The molecule has 25 heavy (non-hydrogen) atoms. The maximum atomic E-state index is 12.6. The molecule has 0 unspecified atom stereocenters. The molecule has 1 amide bonds. The molecule has 0 spiro atoms. The van der Waals surface area contributed by atoms with Crippen LogP contribution in [-0.2, 0) is 25.3 Å². The van der Waals surface area contributed by atoms with Gasteiger partial charge in [0.05, 0.1) is 5.56 Å². The average Bonchev–Trinajstić information content (AvgIpc) is 2.60. The van der Waals surface area contributed by atoms with E-state index in [4.69, 9.17) is 0 Å². The molecule has 1 aromatic carbocycles. The first-order valence-corrected chi connectivity index (χ1v) is 8.24. The minimum atomic E-state index is -0.415. The second-order valence-electron chi connectivity index (χ2n) is 6.40. The number of aromatic nitrogens is 2. The SMILES string of the molecule is Cc1ccc2c(c1)CCCN2C(=O)/C=C\c1cn(C)c(=O)n(C)c1=O. The Balaban J connectivity index is 1.91. The molecule has 1 aliphatic rings. The van der Waals surface area contributed by atoms with E-state index in [0.717, 1.165) is 23.1 Å². The number of aryl methyl sites for hydroxylation is 3. The van der Waals surface area contributed by atoms with Gasteiger partial charge < -0.3 is 9.47 Å². The lowest BCUT2D eigenvalue weighted by atomic mass is 9.99. The average molecular weight is 339 g/mol. The van der Waals surface area contributed by atoms with Gasteiger partial charge in [0.2, 0.25) is 0 Å². The number of amides is 1. The highest BCUT2D eigenvalue weighted by molar-refractivity contribution is 6.04. The van der Waals surface area contributed by atoms with Crippen LogP contribution in [0.15, 0.2) is 40.1 Å². The monoisotopic (exact) mass is 339 g/mol. The van der Waals surface area contributed by atoms with Gasteiger partial charge in [0.1, 0.15) is 0 Å². The molecule has 0 radical (unpaired) electrons. The zero-order valence-electron chi connectivity index (χ0n) is 14.7. The van der Waals surface area contributed by atoms with E-state index < -0.39 is 11.2 Å². The molecule has 3 rings (SSSR count). The zero-order chi connectivity index (χ0) is 18.1. The summed E-state index contributed by atoms with van der Waals surface area (Å²) in [4.78, 5) is 38.2. The van der Waals surface area contributed by atoms with Crippen molar-refractivity contribution in [2.75, 3.05) is 11.4 Å². The van der Waals surface area contributed by atoms with Crippen LogP contribution in [0.3, 0.4) is 0 Å². The summed E-state index contributed by atoms with van der Waals surface area (Å²) in [5.74, 6) is -0.166. The molecule has 0 fully saturated rings. The van der Waals surface area contributed by atoms with Gasteiger partial charge in [-0.05, 0) is 37.5 Å². The Morgan fingerprint density at radius 3 is 2.72 bits per heavy atom. The molecule has 1 aromatic heterocycles. The molecular weight excluding hydrogens is 318 g/mol. The molecule has 0 saturated heterocycles. The fourth-order valence-corrected chi connectivity index (χ4v) is 3.16. The van der Waals surface area contributed by atoms with E-state index in [9.17, 15) is 14.4 Å². The van der Waals surface area contributed by atoms with Gasteiger partial charge in [-0.15, -0.1) is 0 Å². The van der Waals surface area contributed by atoms with Gasteiger partial charge in [0.25, 0.3) is 11.5 Å². The summed E-state index contributed by atoms with van der Waals surface area (Å²) in [6.45, 7) is 2.70. The molecule has 0 N–H and O–H groups in total. The number of carbonyl (C=O) groups is 1. The standard InChI is InChI=1S/C19H21N3O3/c1-13-6-8-16-14(11-13)5-4-10-22(16)17(23)9-7-15-12-20(2)19(25)21(3)18(15)24/h6-9,11-12H,4-5,10H2,1-3H3/b9-7-. The largest absolute Gasteiger partial charge is 0.330 e. The molecule has 0 bridgehead atoms. The van der Waals surface area contributed by atoms with Crippen LogP contribution in [0.1, 0.15) is 23.1 Å². The number of carbonyl (C=O) groups excluding carboxylic acids is 1. The van der Waals surface area contributed by atoms with Crippen LogP contribution >= 0.6 is 0 Å². The third kappa shape index (κ3) is 3.20. The Hall–Kier alpha value is -2.89. The van der Waals surface area contributed by atoms with Crippen molar-refractivity contribution in [3.8, 4) is 0 Å². The van der Waals surface area contributed by atoms with Crippen molar-refractivity contribution in [2.45, 2.75) is 19.8 Å². The minimum absolute atomic E-state index is 0.166. The number of rotatable bonds is 2. The van der Waals surface area contributed by atoms with E-state index in [2.05, 4.69) is 6.07 Å². The van der Waals surface area contributed by atoms with Crippen molar-refractivity contribution in [1.29, 1.82) is 0 Å². The normalized spacial score (nSPS) is 14.0. The van der Waals surface area contributed by atoms with Crippen molar-refractivity contribution in [3.63, 3.8) is 0 Å². The third-order valence-electron chi connectivity index (χ3n) is 4.50. The Bertz CT molecular complexity index is 982. The van der Waals surface area contributed by atoms with Gasteiger partial charge >= 0.3 is 5.69 Å². The summed E-state index contributed by atoms with van der Waals surface area (Å²) >= 11 is 0. The maximum Gasteiger partial charge on any atom is 0.330 e. The van der Waals surface area contributed by atoms with Crippen molar-refractivity contribution in [3.05, 3.63) is 68.0 Å². The Labute approximate surface area is 145 Å². The number of hydrogen-bond donors (Lipinski definition) is 0. The summed E-state index contributed by atoms with van der Waals surface area (Å²) in [7, 11) is 3.00. The lowest BCUT2D eigenvalue weighted by molar-refractivity contribution is -0.114. The summed E-state index contributed by atoms with van der Waals surface area (Å²) < 4.78 is 2.35. The first-order chi connectivity index (χ1) is 11.9. The van der Waals surface area contributed by atoms with Gasteiger partial charge in [-0.3, -0.25) is 14.2 Å². The smallest absolute Gasteiger partial charge is 0.309 e. The first kappa shape index (κ1) is 17.0. The van der Waals surface area contributed by atoms with E-state index in [1.807, 2.05) is 19.1 Å². The predicted octanol–water partition coefficient (Wildman–Crippen LogP) is 1.39. The van der Waals surface area contributed by atoms with E-state index in [1.54, 1.807) is 11.9 Å². The molecule has 6 nitrogen and oxygen atoms in total. The Morgan fingerprint density at radius 1 is 1.20 bits per heavy atom. The number of fused-ring (bicyclic) bond motifs is 1. The molecule has 2 heterocycles. The fourth-order valence-electron chi connectivity index (χ4n) is 3.16. The zero-order valence-corrected chi connectivity index (χ0v) is 14.7. The molecule has 0 atom stereocenters. The summed E-state index contributed by atoms with van der Waals surface area (Å²) in [6.07, 6.45) is 6.20. The van der Waals surface area contributed by atoms with Gasteiger partial charge in [0.15, 0.2) is 0 Å². The Morgan fingerprint density at radius 2 is 1.96 bits per heavy atom. The summed E-state index contributed by atoms with van der Waals surface area (Å²) in [6, 6.07) is 6.08. The van der Waals surface area contributed by atoms with Gasteiger partial charge in [-0.25, -0.2) is 4.79 Å². The van der Waals surface area contributed by atoms with Crippen LogP contribution in [-0.4, -0.2) is 21.6 Å². The van der Waals surface area contributed by atoms with Gasteiger partial charge in [0, 0.05) is 38.6 Å². The molecule has 130 valence electrons. The quantitative estimate of drug-likeness (QED) is 0.777. The van der Waals surface area contributed by atoms with Crippen molar-refractivity contribution in [1.82, 2.24) is 9.13 Å². The second kappa shape index (κ2) is 6.55. The van der Waals surface area contributed by atoms with Crippen LogP contribution in [0.25, 0.3) is 6.08 Å². The maximum absolute atomic E-state index is 12.6. The van der Waals surface area contributed by atoms with Crippen LogP contribution in [0.5, 0.6) is 0 Å². The third-order valence-corrected chi connectivity index (χ3v) is 4.50. The van der Waals surface area contributed by atoms with Crippen molar-refractivity contribution >= 4 is 17.7 Å². The van der Waals surface area contributed by atoms with E-state index in [-0.39, 0.29) is 5.91 Å². The van der Waals surface area contributed by atoms with E-state index >= 15 is 0 Å². The van der Waals surface area contributed by atoms with Crippen LogP contribution < -0.4 is 16.1 Å². The van der Waals surface area contributed by atoms with Crippen molar-refractivity contribution in [2.24, 2.45) is 14.1 Å². The molecule has 0 aliphatic carbocycles. The number of anilines is 1. The minimum Gasteiger partial charge on any atom is -0.309 e. The predicted molar refractivity (Wildman–Crippen MR) is 97.8 cm³/mol. The number of hydrogen-bond acceptors (Lipinski definition) is 3. The molecule has 2 aromatic rings. The topological polar surface area (TPSA) is 64.3 Å². The second-order valence-corrected chi connectivity index (χ2v) is 6.40.